The van der Waals surface area contributed by atoms with Crippen LogP contribution in [0.25, 0.3) is 22.2 Å². The second-order valence-corrected chi connectivity index (χ2v) is 6.39. The van der Waals surface area contributed by atoms with Crippen LogP contribution in [0.1, 0.15) is 0 Å². The highest BCUT2D eigenvalue weighted by Gasteiger charge is 2.36. The number of aliphatic hydroxyl groups is 1. The topological polar surface area (TPSA) is 47.3 Å². The highest BCUT2D eigenvalue weighted by atomic mass is 35.5. The van der Waals surface area contributed by atoms with Crippen molar-refractivity contribution < 1.29 is 14.2 Å². The summed E-state index contributed by atoms with van der Waals surface area (Å²) >= 11 is 5.92. The first kappa shape index (κ1) is 14.6. The molecule has 0 spiro atoms. The van der Waals surface area contributed by atoms with Crippen LogP contribution in [-0.4, -0.2) is 33.5 Å². The number of ether oxygens (including phenoxy) is 1. The van der Waals surface area contributed by atoms with Gasteiger partial charge in [0.1, 0.15) is 11.4 Å². The van der Waals surface area contributed by atoms with Crippen molar-refractivity contribution in [3.05, 3.63) is 53.6 Å². The van der Waals surface area contributed by atoms with E-state index in [4.69, 9.17) is 16.3 Å². The summed E-state index contributed by atoms with van der Waals surface area (Å²) in [4.78, 5) is 4.38. The Morgan fingerprint density at radius 1 is 1.22 bits per heavy atom. The molecule has 4 rings (SSSR count). The summed E-state index contributed by atoms with van der Waals surface area (Å²) in [5.41, 5.74) is 2.43. The number of benzene rings is 2. The van der Waals surface area contributed by atoms with E-state index in [1.54, 1.807) is 12.4 Å². The first-order valence-electron chi connectivity index (χ1n) is 7.24. The molecule has 1 aromatic heterocycles. The maximum absolute atomic E-state index is 13.5. The third kappa shape index (κ3) is 2.72. The molecule has 6 heteroatoms. The Morgan fingerprint density at radius 2 is 2.04 bits per heavy atom. The minimum atomic E-state index is -0.817. The fraction of sp³-hybridized carbons (Fsp3) is 0.235. The molecule has 0 radical (unpaired) electrons. The molecule has 118 valence electrons. The summed E-state index contributed by atoms with van der Waals surface area (Å²) in [6, 6.07) is 10.1. The van der Waals surface area contributed by atoms with E-state index in [2.05, 4.69) is 4.98 Å². The van der Waals surface area contributed by atoms with Crippen LogP contribution in [0.2, 0.25) is 5.02 Å². The molecule has 0 bridgehead atoms. The van der Waals surface area contributed by atoms with Gasteiger partial charge in [-0.15, -0.1) is 0 Å². The Morgan fingerprint density at radius 3 is 2.74 bits per heavy atom. The van der Waals surface area contributed by atoms with Crippen LogP contribution in [0, 0.1) is 5.82 Å². The summed E-state index contributed by atoms with van der Waals surface area (Å²) in [5.74, 6) is -0.370. The zero-order valence-corrected chi connectivity index (χ0v) is 12.9. The molecule has 1 fully saturated rings. The fourth-order valence-electron chi connectivity index (χ4n) is 2.84. The minimum absolute atomic E-state index is 0.340. The predicted octanol–water partition coefficient (Wildman–Crippen LogP) is 3.26. The van der Waals surface area contributed by atoms with Gasteiger partial charge in [0.2, 0.25) is 0 Å². The zero-order chi connectivity index (χ0) is 16.0. The third-order valence-electron chi connectivity index (χ3n) is 4.02. The molecule has 1 N–H and O–H groups in total. The second kappa shape index (κ2) is 5.30. The maximum Gasteiger partial charge on any atom is 0.129 e. The van der Waals surface area contributed by atoms with Gasteiger partial charge < -0.3 is 14.4 Å². The van der Waals surface area contributed by atoms with Crippen LogP contribution in [-0.2, 0) is 11.3 Å². The molecule has 4 nitrogen and oxygen atoms in total. The minimum Gasteiger partial charge on any atom is -0.383 e. The molecule has 3 aromatic rings. The van der Waals surface area contributed by atoms with Crippen molar-refractivity contribution in [1.29, 1.82) is 0 Å². The number of imidazole rings is 1. The highest BCUT2D eigenvalue weighted by Crippen LogP contribution is 2.28. The van der Waals surface area contributed by atoms with Gasteiger partial charge in [-0.05, 0) is 41.5 Å². The van der Waals surface area contributed by atoms with E-state index >= 15 is 0 Å². The van der Waals surface area contributed by atoms with Crippen LogP contribution >= 0.6 is 11.6 Å². The van der Waals surface area contributed by atoms with Crippen molar-refractivity contribution in [2.45, 2.75) is 12.1 Å². The monoisotopic (exact) mass is 332 g/mol. The quantitative estimate of drug-likeness (QED) is 0.801. The van der Waals surface area contributed by atoms with Gasteiger partial charge in [-0.25, -0.2) is 9.37 Å². The molecular formula is C17H14ClFN2O2. The molecule has 2 aromatic carbocycles. The van der Waals surface area contributed by atoms with E-state index in [0.29, 0.717) is 30.3 Å². The normalized spacial score (nSPS) is 16.5. The molecule has 0 atom stereocenters. The van der Waals surface area contributed by atoms with Crippen molar-refractivity contribution in [3.8, 4) is 11.1 Å². The van der Waals surface area contributed by atoms with Gasteiger partial charge in [0, 0.05) is 5.02 Å². The fourth-order valence-corrected chi connectivity index (χ4v) is 3.06. The number of halogens is 2. The first-order chi connectivity index (χ1) is 11.0. The Labute approximate surface area is 137 Å². The van der Waals surface area contributed by atoms with Gasteiger partial charge in [-0.2, -0.15) is 0 Å². The van der Waals surface area contributed by atoms with Crippen molar-refractivity contribution in [1.82, 2.24) is 9.55 Å². The summed E-state index contributed by atoms with van der Waals surface area (Å²) in [5, 5.41) is 10.6. The molecule has 1 saturated heterocycles. The molecule has 1 aliphatic heterocycles. The number of fused-ring (bicyclic) bond motifs is 1. The molecule has 0 unspecified atom stereocenters. The van der Waals surface area contributed by atoms with E-state index in [1.807, 2.05) is 22.8 Å². The van der Waals surface area contributed by atoms with Crippen molar-refractivity contribution in [2.24, 2.45) is 0 Å². The summed E-state index contributed by atoms with van der Waals surface area (Å²) < 4.78 is 20.5. The summed E-state index contributed by atoms with van der Waals surface area (Å²) in [6.45, 7) is 1.12. The standard InChI is InChI=1S/C17H14ClFN2O2/c18-13-3-12(4-14(19)6-13)11-1-2-16-15(5-11)20-10-21(16)7-17(22)8-23-9-17/h1-6,10,22H,7-9H2. The van der Waals surface area contributed by atoms with Gasteiger partial charge in [0.25, 0.3) is 0 Å². The number of aromatic nitrogens is 2. The number of rotatable bonds is 3. The Balaban J connectivity index is 1.71. The van der Waals surface area contributed by atoms with Crippen molar-refractivity contribution in [2.75, 3.05) is 13.2 Å². The molecule has 2 heterocycles. The molecular weight excluding hydrogens is 319 g/mol. The lowest BCUT2D eigenvalue weighted by Crippen LogP contribution is -2.52. The van der Waals surface area contributed by atoms with E-state index in [0.717, 1.165) is 16.6 Å². The number of hydrogen-bond donors (Lipinski definition) is 1. The molecule has 0 amide bonds. The van der Waals surface area contributed by atoms with E-state index in [-0.39, 0.29) is 5.82 Å². The molecule has 23 heavy (non-hydrogen) atoms. The largest absolute Gasteiger partial charge is 0.383 e. The van der Waals surface area contributed by atoms with Crippen LogP contribution in [0.15, 0.2) is 42.7 Å². The first-order valence-corrected chi connectivity index (χ1v) is 7.62. The van der Waals surface area contributed by atoms with Crippen LogP contribution in [0.3, 0.4) is 0 Å². The summed E-state index contributed by atoms with van der Waals surface area (Å²) in [7, 11) is 0. The average Bonchev–Trinajstić information content (AvgIpc) is 2.87. The molecule has 0 saturated carbocycles. The predicted molar refractivity (Wildman–Crippen MR) is 85.9 cm³/mol. The SMILES string of the molecule is OC1(Cn2cnc3cc(-c4cc(F)cc(Cl)c4)ccc32)COC1. The smallest absolute Gasteiger partial charge is 0.129 e. The van der Waals surface area contributed by atoms with E-state index in [1.165, 1.54) is 12.1 Å². The lowest BCUT2D eigenvalue weighted by atomic mass is 10.0. The summed E-state index contributed by atoms with van der Waals surface area (Å²) in [6.07, 6.45) is 1.70. The Kier molecular flexibility index (Phi) is 3.37. The highest BCUT2D eigenvalue weighted by molar-refractivity contribution is 6.30. The Bertz CT molecular complexity index is 869. The van der Waals surface area contributed by atoms with Crippen LogP contribution in [0.5, 0.6) is 0 Å². The van der Waals surface area contributed by atoms with Crippen molar-refractivity contribution >= 4 is 22.6 Å². The third-order valence-corrected chi connectivity index (χ3v) is 4.24. The van der Waals surface area contributed by atoms with Crippen molar-refractivity contribution in [3.63, 3.8) is 0 Å². The van der Waals surface area contributed by atoms with Gasteiger partial charge in [-0.3, -0.25) is 0 Å². The molecule has 0 aliphatic carbocycles. The van der Waals surface area contributed by atoms with Crippen LogP contribution < -0.4 is 0 Å². The number of hydrogen-bond acceptors (Lipinski definition) is 3. The van der Waals surface area contributed by atoms with E-state index < -0.39 is 5.60 Å². The van der Waals surface area contributed by atoms with Gasteiger partial charge in [0.05, 0.1) is 37.1 Å². The lowest BCUT2D eigenvalue weighted by molar-refractivity contribution is -0.184. The van der Waals surface area contributed by atoms with Gasteiger partial charge in [0.15, 0.2) is 0 Å². The van der Waals surface area contributed by atoms with Gasteiger partial charge >= 0.3 is 0 Å². The maximum atomic E-state index is 13.5. The average molecular weight is 333 g/mol. The second-order valence-electron chi connectivity index (χ2n) is 5.95. The zero-order valence-electron chi connectivity index (χ0n) is 12.2. The number of nitrogens with zero attached hydrogens (tertiary/aromatic N) is 2. The molecule has 1 aliphatic rings. The van der Waals surface area contributed by atoms with E-state index in [9.17, 15) is 9.50 Å². The van der Waals surface area contributed by atoms with Crippen LogP contribution in [0.4, 0.5) is 4.39 Å². The Hall–Kier alpha value is -1.95. The van der Waals surface area contributed by atoms with Gasteiger partial charge in [-0.1, -0.05) is 17.7 Å². The lowest BCUT2D eigenvalue weighted by Gasteiger charge is -2.36.